The van der Waals surface area contributed by atoms with Crippen LogP contribution in [0.1, 0.15) is 27.8 Å². The highest BCUT2D eigenvalue weighted by Gasteiger charge is 2.25. The fourth-order valence-corrected chi connectivity index (χ4v) is 9.73. The number of anilines is 15. The number of nitrogens with zero attached hydrogens (tertiary/aromatic N) is 5. The fraction of sp³-hybridized carbons (Fsp3) is 0.0256. The smallest absolute Gasteiger partial charge is 0.326 e. The maximum absolute atomic E-state index is 12.3. The van der Waals surface area contributed by atoms with E-state index in [2.05, 4.69) is 73.6 Å². The molecule has 0 saturated heterocycles. The molecule has 96 heavy (non-hydrogen) atoms. The molecule has 0 bridgehead atoms. The Kier molecular flexibility index (Phi) is 24.2. The van der Waals surface area contributed by atoms with Crippen molar-refractivity contribution in [1.29, 1.82) is 15.8 Å². The number of nitrogens with two attached hydrogens (primary N) is 2. The Morgan fingerprint density at radius 2 is 0.823 bits per heavy atom. The normalized spacial score (nSPS) is 10.6. The van der Waals surface area contributed by atoms with Gasteiger partial charge in [-0.3, -0.25) is 15.0 Å². The molecule has 2 amide bonds. The third-order valence-electron chi connectivity index (χ3n) is 14.2. The summed E-state index contributed by atoms with van der Waals surface area (Å²) in [7, 11) is 0. The Labute approximate surface area is 562 Å². The van der Waals surface area contributed by atoms with Crippen LogP contribution in [-0.4, -0.2) is 11.0 Å². The molecule has 1 heterocycles. The van der Waals surface area contributed by atoms with Crippen LogP contribution in [0, 0.1) is 44.1 Å². The Balaban J connectivity index is 0.000000143. The fourth-order valence-electron chi connectivity index (χ4n) is 9.57. The summed E-state index contributed by atoms with van der Waals surface area (Å²) >= 11 is 5.56. The minimum atomic E-state index is -0.572. The number of urea groups is 1. The van der Waals surface area contributed by atoms with E-state index < -0.39 is 4.92 Å². The van der Waals surface area contributed by atoms with Gasteiger partial charge in [0.1, 0.15) is 18.2 Å². The van der Waals surface area contributed by atoms with Gasteiger partial charge in [0, 0.05) is 87.8 Å². The van der Waals surface area contributed by atoms with Crippen LogP contribution in [-0.2, 0) is 13.1 Å². The Hall–Kier alpha value is -13.4. The van der Waals surface area contributed by atoms with Crippen LogP contribution in [0.2, 0.25) is 5.02 Å². The van der Waals surface area contributed by atoms with Crippen molar-refractivity contribution in [2.24, 2.45) is 5.73 Å². The van der Waals surface area contributed by atoms with Gasteiger partial charge in [0.25, 0.3) is 5.69 Å². The summed E-state index contributed by atoms with van der Waals surface area (Å²) in [4.78, 5) is 23.7. The average molecular weight is 1280 g/mol. The number of fused-ring (bicyclic) bond motifs is 1. The molecular formula is C78H65ClN14O3. The largest absolute Gasteiger partial charge is 0.399 e. The van der Waals surface area contributed by atoms with Crippen molar-refractivity contribution in [3.05, 3.63) is 346 Å². The molecule has 0 atom stereocenters. The van der Waals surface area contributed by atoms with Crippen LogP contribution in [0.3, 0.4) is 0 Å². The molecule has 13 rings (SSSR count). The van der Waals surface area contributed by atoms with Crippen molar-refractivity contribution in [3.63, 3.8) is 0 Å². The molecule has 1 aliphatic rings. The number of nitro benzene ring substituents is 1. The second-order valence-electron chi connectivity index (χ2n) is 21.0. The molecule has 1 aliphatic heterocycles. The highest BCUT2D eigenvalue weighted by molar-refractivity contribution is 6.31. The van der Waals surface area contributed by atoms with E-state index in [-0.39, 0.29) is 22.3 Å². The van der Waals surface area contributed by atoms with E-state index in [1.165, 1.54) is 12.1 Å². The van der Waals surface area contributed by atoms with E-state index in [1.807, 2.05) is 243 Å². The first kappa shape index (κ1) is 67.0. The Bertz CT molecular complexity index is 4640. The van der Waals surface area contributed by atoms with Crippen molar-refractivity contribution in [2.75, 3.05) is 42.5 Å². The van der Waals surface area contributed by atoms with Gasteiger partial charge in [0.15, 0.2) is 0 Å². The highest BCUT2D eigenvalue weighted by atomic mass is 35.5. The second-order valence-corrected chi connectivity index (χ2v) is 21.4. The second kappa shape index (κ2) is 34.7. The number of nitriles is 3. The van der Waals surface area contributed by atoms with Gasteiger partial charge in [-0.2, -0.15) is 15.8 Å². The molecule has 12 aromatic rings. The number of nitrogens with one attached hydrogen (secondary N) is 7. The molecule has 0 aromatic heterocycles. The lowest BCUT2D eigenvalue weighted by molar-refractivity contribution is -0.384. The van der Waals surface area contributed by atoms with Gasteiger partial charge in [-0.15, -0.1) is 0 Å². The van der Waals surface area contributed by atoms with Crippen molar-refractivity contribution in [2.45, 2.75) is 13.1 Å². The highest BCUT2D eigenvalue weighted by Crippen LogP contribution is 2.35. The van der Waals surface area contributed by atoms with Crippen LogP contribution < -0.4 is 53.6 Å². The molecule has 0 unspecified atom stereocenters. The predicted octanol–water partition coefficient (Wildman–Crippen LogP) is 19.5. The lowest BCUT2D eigenvalue weighted by Gasteiger charge is -2.30. The number of non-ortho nitro benzene ring substituents is 1. The van der Waals surface area contributed by atoms with Gasteiger partial charge < -0.3 is 48.7 Å². The summed E-state index contributed by atoms with van der Waals surface area (Å²) in [5.74, 6) is 0. The van der Waals surface area contributed by atoms with Crippen molar-refractivity contribution in [3.8, 4) is 18.2 Å². The summed E-state index contributed by atoms with van der Waals surface area (Å²) in [6, 6.07) is 102. The van der Waals surface area contributed by atoms with Gasteiger partial charge >= 0.3 is 6.03 Å². The number of hydrogen-bond donors (Lipinski definition) is 9. The molecule has 0 saturated carbocycles. The lowest BCUT2D eigenvalue weighted by Crippen LogP contribution is -2.41. The number of para-hydroxylation sites is 7. The van der Waals surface area contributed by atoms with Crippen molar-refractivity contribution < 1.29 is 9.72 Å². The predicted molar refractivity (Wildman–Crippen MR) is 389 cm³/mol. The van der Waals surface area contributed by atoms with E-state index in [0.29, 0.717) is 29.9 Å². The zero-order valence-electron chi connectivity index (χ0n) is 51.8. The maximum atomic E-state index is 12.3. The summed E-state index contributed by atoms with van der Waals surface area (Å²) in [5, 5.41) is 60.1. The lowest BCUT2D eigenvalue weighted by atomic mass is 10.1. The third-order valence-corrected chi connectivity index (χ3v) is 14.6. The monoisotopic (exact) mass is 1280 g/mol. The van der Waals surface area contributed by atoms with Crippen LogP contribution in [0.15, 0.2) is 303 Å². The molecule has 17 nitrogen and oxygen atoms in total. The zero-order chi connectivity index (χ0) is 67.3. The minimum absolute atomic E-state index is 0.0996. The first-order valence-corrected chi connectivity index (χ1v) is 30.5. The van der Waals surface area contributed by atoms with E-state index in [0.717, 1.165) is 96.8 Å². The van der Waals surface area contributed by atoms with E-state index in [4.69, 9.17) is 33.6 Å². The van der Waals surface area contributed by atoms with Crippen LogP contribution >= 0.6 is 11.6 Å². The number of halogens is 1. The molecule has 0 aliphatic carbocycles. The van der Waals surface area contributed by atoms with E-state index in [9.17, 15) is 20.2 Å². The number of nitro groups is 1. The van der Waals surface area contributed by atoms with Gasteiger partial charge in [-0.25, -0.2) is 4.79 Å². The molecule has 0 spiro atoms. The molecule has 11 N–H and O–H groups in total. The van der Waals surface area contributed by atoms with Gasteiger partial charge in [-0.05, 0) is 175 Å². The maximum Gasteiger partial charge on any atom is 0.326 e. The average Bonchev–Trinajstić information content (AvgIpc) is 0.806. The number of benzene rings is 12. The third kappa shape index (κ3) is 19.8. The molecule has 472 valence electrons. The number of carbonyl (C=O) groups is 1. The Morgan fingerprint density at radius 3 is 1.27 bits per heavy atom. The van der Waals surface area contributed by atoms with E-state index in [1.54, 1.807) is 29.2 Å². The van der Waals surface area contributed by atoms with Crippen molar-refractivity contribution >= 4 is 109 Å². The first-order chi connectivity index (χ1) is 46.9. The topological polar surface area (TPSA) is 271 Å². The summed E-state index contributed by atoms with van der Waals surface area (Å²) in [6.45, 7) is 1.02. The summed E-state index contributed by atoms with van der Waals surface area (Å²) < 4.78 is 0. The standard InChI is InChI=1S/C20H17N3O.C19H19N3.C19H15N3.C13H11N3.C7H3ClN2O2/c24-20-21-14-15-13-17(22-16-7-3-1-4-8-16)11-12-19(15)23(20)18-9-5-2-6-10-18;2*20-14-15-13-18(21-16-7-3-1-4-8-16)11-12-19(15)22-17-9-5-2-6-10-17;14-9-10-8-11(15)6-7-13(10)16-12-4-2-1-3-5-12;8-7-2-1-6(10(11)12)3-5(7)4-9/h1-13,22H,14H2,(H,21,24);1-13,21-22H,14,20H2;1-13,21-22H;1-8,16H,15H2;1-3H. The van der Waals surface area contributed by atoms with Gasteiger partial charge in [0.2, 0.25) is 0 Å². The van der Waals surface area contributed by atoms with Crippen molar-refractivity contribution in [1.82, 2.24) is 5.32 Å². The van der Waals surface area contributed by atoms with Gasteiger partial charge in [0.05, 0.1) is 49.4 Å². The number of carbonyl (C=O) groups excluding carboxylic acids is 1. The minimum Gasteiger partial charge on any atom is -0.399 e. The molecule has 12 aromatic carbocycles. The number of nitrogen functional groups attached to an aromatic ring is 1. The molecule has 0 fully saturated rings. The number of hydrogen-bond acceptors (Lipinski definition) is 14. The Morgan fingerprint density at radius 1 is 0.438 bits per heavy atom. The number of amides is 2. The summed E-state index contributed by atoms with van der Waals surface area (Å²) in [6.07, 6.45) is 0. The summed E-state index contributed by atoms with van der Waals surface area (Å²) in [5.41, 5.74) is 28.8. The van der Waals surface area contributed by atoms with Crippen LogP contribution in [0.5, 0.6) is 0 Å². The van der Waals surface area contributed by atoms with Crippen LogP contribution in [0.25, 0.3) is 0 Å². The SMILES string of the molecule is N#Cc1cc(N)ccc1Nc1ccccc1.N#Cc1cc(Nc2ccccc2)ccc1Nc1ccccc1.N#Cc1cc([N+](=O)[O-])ccc1Cl.NCc1cc(Nc2ccccc2)ccc1Nc1ccccc1.O=C1NCc2cc(Nc3ccccc3)ccc2N1c1ccccc1. The molecule has 18 heteroatoms. The van der Waals surface area contributed by atoms with E-state index >= 15 is 0 Å². The zero-order valence-corrected chi connectivity index (χ0v) is 52.5. The number of rotatable bonds is 15. The molecular weight excluding hydrogens is 1220 g/mol. The first-order valence-electron chi connectivity index (χ1n) is 30.1. The van der Waals surface area contributed by atoms with Gasteiger partial charge in [-0.1, -0.05) is 139 Å². The quantitative estimate of drug-likeness (QED) is 0.0262. The molecule has 0 radical (unpaired) electrons. The van der Waals surface area contributed by atoms with Crippen LogP contribution in [0.4, 0.5) is 95.8 Å².